The van der Waals surface area contributed by atoms with Crippen molar-refractivity contribution in [2.75, 3.05) is 5.73 Å². The Morgan fingerprint density at radius 2 is 1.94 bits per heavy atom. The van der Waals surface area contributed by atoms with E-state index in [1.807, 2.05) is 26.0 Å². The molecular formula is C12H15N3O. The minimum atomic E-state index is 0.310. The molecule has 0 atom stereocenters. The van der Waals surface area contributed by atoms with E-state index in [9.17, 15) is 5.11 Å². The van der Waals surface area contributed by atoms with E-state index < -0.39 is 0 Å². The molecule has 0 spiro atoms. The van der Waals surface area contributed by atoms with Gasteiger partial charge in [0, 0.05) is 18.7 Å². The highest BCUT2D eigenvalue weighted by Gasteiger charge is 2.10. The van der Waals surface area contributed by atoms with Crippen LogP contribution in [0.25, 0.3) is 11.3 Å². The molecule has 1 aromatic carbocycles. The fraction of sp³-hybridized carbons (Fsp3) is 0.250. The van der Waals surface area contributed by atoms with Gasteiger partial charge in [0.25, 0.3) is 0 Å². The van der Waals surface area contributed by atoms with E-state index in [1.165, 1.54) is 0 Å². The van der Waals surface area contributed by atoms with Crippen LogP contribution < -0.4 is 5.73 Å². The van der Waals surface area contributed by atoms with Gasteiger partial charge in [0.05, 0.1) is 5.69 Å². The number of nitrogen functional groups attached to an aromatic ring is 1. The van der Waals surface area contributed by atoms with Crippen LogP contribution in [0, 0.1) is 13.8 Å². The van der Waals surface area contributed by atoms with Crippen LogP contribution in [-0.2, 0) is 7.05 Å². The largest absolute Gasteiger partial charge is 0.508 e. The first-order valence-corrected chi connectivity index (χ1v) is 5.09. The maximum atomic E-state index is 9.58. The van der Waals surface area contributed by atoms with Gasteiger partial charge in [-0.25, -0.2) is 0 Å². The van der Waals surface area contributed by atoms with E-state index in [4.69, 9.17) is 5.73 Å². The van der Waals surface area contributed by atoms with E-state index in [2.05, 4.69) is 5.10 Å². The fourth-order valence-corrected chi connectivity index (χ4v) is 1.70. The third kappa shape index (κ3) is 1.52. The van der Waals surface area contributed by atoms with Crippen LogP contribution in [0.4, 0.5) is 5.82 Å². The summed E-state index contributed by atoms with van der Waals surface area (Å²) in [4.78, 5) is 0. The first-order valence-electron chi connectivity index (χ1n) is 5.09. The lowest BCUT2D eigenvalue weighted by Crippen LogP contribution is -1.96. The maximum absolute atomic E-state index is 9.58. The number of benzene rings is 1. The molecule has 2 aromatic rings. The first-order chi connectivity index (χ1) is 7.50. The number of rotatable bonds is 1. The molecule has 0 amide bonds. The Morgan fingerprint density at radius 3 is 2.50 bits per heavy atom. The predicted molar refractivity (Wildman–Crippen MR) is 64.2 cm³/mol. The molecule has 1 heterocycles. The lowest BCUT2D eigenvalue weighted by Gasteiger charge is -2.07. The van der Waals surface area contributed by atoms with Gasteiger partial charge in [-0.05, 0) is 37.1 Å². The summed E-state index contributed by atoms with van der Waals surface area (Å²) in [5.74, 6) is 0.935. The number of hydrogen-bond donors (Lipinski definition) is 2. The Balaban J connectivity index is 2.61. The molecule has 4 nitrogen and oxygen atoms in total. The minimum Gasteiger partial charge on any atom is -0.508 e. The monoisotopic (exact) mass is 217 g/mol. The molecule has 84 valence electrons. The second-order valence-electron chi connectivity index (χ2n) is 3.96. The van der Waals surface area contributed by atoms with Crippen molar-refractivity contribution in [3.63, 3.8) is 0 Å². The zero-order valence-electron chi connectivity index (χ0n) is 9.65. The highest BCUT2D eigenvalue weighted by molar-refractivity contribution is 5.68. The molecule has 0 radical (unpaired) electrons. The summed E-state index contributed by atoms with van der Waals surface area (Å²) in [6, 6.07) is 5.38. The third-order valence-electron chi connectivity index (χ3n) is 2.95. The Bertz CT molecular complexity index is 524. The number of anilines is 1. The van der Waals surface area contributed by atoms with Crippen molar-refractivity contribution in [3.05, 3.63) is 29.3 Å². The van der Waals surface area contributed by atoms with Gasteiger partial charge in [0.15, 0.2) is 0 Å². The van der Waals surface area contributed by atoms with Crippen LogP contribution >= 0.6 is 0 Å². The Morgan fingerprint density at radius 1 is 1.25 bits per heavy atom. The summed E-state index contributed by atoms with van der Waals surface area (Å²) in [5, 5.41) is 13.9. The topological polar surface area (TPSA) is 64.1 Å². The van der Waals surface area contributed by atoms with Crippen molar-refractivity contribution in [1.82, 2.24) is 9.78 Å². The molecule has 0 bridgehead atoms. The standard InChI is InChI=1S/C12H15N3O/c1-7-8(2)11(16)5-4-9(7)10-6-12(13)15(3)14-10/h4-6,16H,13H2,1-3H3. The van der Waals surface area contributed by atoms with Gasteiger partial charge in [-0.3, -0.25) is 4.68 Å². The van der Waals surface area contributed by atoms with Gasteiger partial charge in [-0.15, -0.1) is 0 Å². The summed E-state index contributed by atoms with van der Waals surface area (Å²) in [6.45, 7) is 3.86. The number of aryl methyl sites for hydroxylation is 1. The molecule has 0 fully saturated rings. The molecule has 4 heteroatoms. The maximum Gasteiger partial charge on any atom is 0.121 e. The third-order valence-corrected chi connectivity index (χ3v) is 2.95. The van der Waals surface area contributed by atoms with Crippen LogP contribution in [0.2, 0.25) is 0 Å². The molecule has 1 aromatic heterocycles. The molecule has 0 aliphatic heterocycles. The molecule has 16 heavy (non-hydrogen) atoms. The molecule has 0 unspecified atom stereocenters. The summed E-state index contributed by atoms with van der Waals surface area (Å²) >= 11 is 0. The lowest BCUT2D eigenvalue weighted by atomic mass is 10.0. The lowest BCUT2D eigenvalue weighted by molar-refractivity contribution is 0.470. The van der Waals surface area contributed by atoms with Crippen molar-refractivity contribution < 1.29 is 5.11 Å². The van der Waals surface area contributed by atoms with E-state index in [0.29, 0.717) is 11.6 Å². The summed E-state index contributed by atoms with van der Waals surface area (Å²) in [5.41, 5.74) is 9.49. The van der Waals surface area contributed by atoms with Gasteiger partial charge >= 0.3 is 0 Å². The average Bonchev–Trinajstić information content (AvgIpc) is 2.56. The quantitative estimate of drug-likeness (QED) is 0.767. The average molecular weight is 217 g/mol. The number of nitrogens with zero attached hydrogens (tertiary/aromatic N) is 2. The number of hydrogen-bond acceptors (Lipinski definition) is 3. The van der Waals surface area contributed by atoms with E-state index in [0.717, 1.165) is 22.4 Å². The van der Waals surface area contributed by atoms with Gasteiger partial charge < -0.3 is 10.8 Å². The summed E-state index contributed by atoms with van der Waals surface area (Å²) < 4.78 is 1.64. The smallest absolute Gasteiger partial charge is 0.121 e. The Hall–Kier alpha value is -1.97. The first kappa shape index (κ1) is 10.5. The number of aromatic hydroxyl groups is 1. The normalized spacial score (nSPS) is 10.7. The zero-order valence-corrected chi connectivity index (χ0v) is 9.65. The van der Waals surface area contributed by atoms with E-state index >= 15 is 0 Å². The van der Waals surface area contributed by atoms with Gasteiger partial charge in [0.2, 0.25) is 0 Å². The number of aromatic nitrogens is 2. The van der Waals surface area contributed by atoms with Crippen molar-refractivity contribution in [2.45, 2.75) is 13.8 Å². The van der Waals surface area contributed by atoms with E-state index in [-0.39, 0.29) is 0 Å². The second-order valence-corrected chi connectivity index (χ2v) is 3.96. The van der Waals surface area contributed by atoms with Crippen LogP contribution in [0.1, 0.15) is 11.1 Å². The van der Waals surface area contributed by atoms with E-state index in [1.54, 1.807) is 17.8 Å². The highest BCUT2D eigenvalue weighted by atomic mass is 16.3. The summed E-state index contributed by atoms with van der Waals surface area (Å²) in [7, 11) is 1.81. The fourth-order valence-electron chi connectivity index (χ4n) is 1.70. The van der Waals surface area contributed by atoms with Crippen molar-refractivity contribution in [2.24, 2.45) is 7.05 Å². The molecule has 3 N–H and O–H groups in total. The van der Waals surface area contributed by atoms with Crippen LogP contribution in [0.5, 0.6) is 5.75 Å². The zero-order chi connectivity index (χ0) is 11.9. The van der Waals surface area contributed by atoms with Crippen LogP contribution in [-0.4, -0.2) is 14.9 Å². The van der Waals surface area contributed by atoms with Gasteiger partial charge in [0.1, 0.15) is 11.6 Å². The Labute approximate surface area is 94.3 Å². The van der Waals surface area contributed by atoms with Gasteiger partial charge in [-0.1, -0.05) is 0 Å². The predicted octanol–water partition coefficient (Wildman–Crippen LogP) is 1.99. The SMILES string of the molecule is Cc1c(O)ccc(-c2cc(N)n(C)n2)c1C. The van der Waals surface area contributed by atoms with Crippen molar-refractivity contribution in [3.8, 4) is 17.0 Å². The second kappa shape index (κ2) is 3.56. The molecule has 0 aliphatic rings. The summed E-state index contributed by atoms with van der Waals surface area (Å²) in [6.07, 6.45) is 0. The minimum absolute atomic E-state index is 0.310. The molecule has 2 rings (SSSR count). The van der Waals surface area contributed by atoms with Gasteiger partial charge in [-0.2, -0.15) is 5.10 Å². The Kier molecular flexibility index (Phi) is 2.34. The molecule has 0 aliphatic carbocycles. The number of phenols is 1. The number of phenolic OH excluding ortho intramolecular Hbond substituents is 1. The number of nitrogens with two attached hydrogens (primary N) is 1. The van der Waals surface area contributed by atoms with Crippen molar-refractivity contribution in [1.29, 1.82) is 0 Å². The molecular weight excluding hydrogens is 202 g/mol. The molecule has 0 saturated heterocycles. The highest BCUT2D eigenvalue weighted by Crippen LogP contribution is 2.30. The van der Waals surface area contributed by atoms with Crippen molar-refractivity contribution >= 4 is 5.82 Å². The van der Waals surface area contributed by atoms with Crippen LogP contribution in [0.3, 0.4) is 0 Å². The van der Waals surface area contributed by atoms with Crippen LogP contribution in [0.15, 0.2) is 18.2 Å². The molecule has 0 saturated carbocycles.